The van der Waals surface area contributed by atoms with Crippen molar-refractivity contribution in [1.82, 2.24) is 9.97 Å². The maximum Gasteiger partial charge on any atom is 0.140 e. The normalized spacial score (nSPS) is 10.9. The van der Waals surface area contributed by atoms with Gasteiger partial charge in [-0.2, -0.15) is 0 Å². The number of rotatable bonds is 2. The molecule has 2 rings (SSSR count). The molecule has 1 heterocycles. The first-order valence-corrected chi connectivity index (χ1v) is 5.69. The first-order valence-electron chi connectivity index (χ1n) is 4.52. The van der Waals surface area contributed by atoms with E-state index in [9.17, 15) is 0 Å². The fraction of sp³-hybridized carbons (Fsp3) is 0.200. The molecule has 1 aromatic carbocycles. The van der Waals surface area contributed by atoms with Crippen LogP contribution in [0.3, 0.4) is 0 Å². The van der Waals surface area contributed by atoms with Gasteiger partial charge in [-0.1, -0.05) is 27.5 Å². The molecule has 0 bridgehead atoms. The lowest BCUT2D eigenvalue weighted by Crippen LogP contribution is -2.06. The molecule has 3 nitrogen and oxygen atoms in total. The van der Waals surface area contributed by atoms with Crippen LogP contribution in [-0.4, -0.2) is 16.5 Å². The van der Waals surface area contributed by atoms with Crippen molar-refractivity contribution in [2.45, 2.75) is 6.42 Å². The SMILES string of the molecule is NCCc1nc(Cl)c2cc(Br)ccc2n1. The zero-order valence-electron chi connectivity index (χ0n) is 7.87. The summed E-state index contributed by atoms with van der Waals surface area (Å²) in [6, 6.07) is 5.74. The Bertz CT molecular complexity index is 501. The number of aromatic nitrogens is 2. The van der Waals surface area contributed by atoms with Crippen molar-refractivity contribution in [3.05, 3.63) is 33.6 Å². The van der Waals surface area contributed by atoms with Crippen LogP contribution in [0.2, 0.25) is 5.15 Å². The van der Waals surface area contributed by atoms with Crippen LogP contribution in [0.5, 0.6) is 0 Å². The van der Waals surface area contributed by atoms with E-state index in [0.717, 1.165) is 15.4 Å². The second-order valence-electron chi connectivity index (χ2n) is 3.13. The van der Waals surface area contributed by atoms with Gasteiger partial charge in [-0.25, -0.2) is 9.97 Å². The molecule has 0 saturated carbocycles. The molecule has 78 valence electrons. The van der Waals surface area contributed by atoms with Crippen molar-refractivity contribution in [2.75, 3.05) is 6.54 Å². The zero-order valence-corrected chi connectivity index (χ0v) is 10.2. The van der Waals surface area contributed by atoms with E-state index >= 15 is 0 Å². The molecule has 0 radical (unpaired) electrons. The highest BCUT2D eigenvalue weighted by Crippen LogP contribution is 2.24. The molecular formula is C10H9BrClN3. The topological polar surface area (TPSA) is 51.8 Å². The van der Waals surface area contributed by atoms with Gasteiger partial charge < -0.3 is 5.73 Å². The molecule has 0 spiro atoms. The summed E-state index contributed by atoms with van der Waals surface area (Å²) in [4.78, 5) is 8.56. The molecule has 0 aliphatic carbocycles. The van der Waals surface area contributed by atoms with Crippen LogP contribution in [0.25, 0.3) is 10.9 Å². The van der Waals surface area contributed by atoms with E-state index in [1.54, 1.807) is 0 Å². The fourth-order valence-electron chi connectivity index (χ4n) is 1.35. The Morgan fingerprint density at radius 2 is 2.13 bits per heavy atom. The minimum absolute atomic E-state index is 0.477. The molecule has 0 unspecified atom stereocenters. The monoisotopic (exact) mass is 285 g/mol. The molecule has 2 N–H and O–H groups in total. The first-order chi connectivity index (χ1) is 7.20. The predicted molar refractivity (Wildman–Crippen MR) is 65.0 cm³/mol. The number of nitrogens with two attached hydrogens (primary N) is 1. The maximum absolute atomic E-state index is 6.06. The van der Waals surface area contributed by atoms with Gasteiger partial charge in [0.05, 0.1) is 5.52 Å². The maximum atomic E-state index is 6.06. The Morgan fingerprint density at radius 1 is 1.33 bits per heavy atom. The third-order valence-electron chi connectivity index (χ3n) is 2.03. The van der Waals surface area contributed by atoms with E-state index in [0.29, 0.717) is 23.9 Å². The lowest BCUT2D eigenvalue weighted by atomic mass is 10.2. The number of hydrogen-bond acceptors (Lipinski definition) is 3. The molecule has 0 atom stereocenters. The fourth-order valence-corrected chi connectivity index (χ4v) is 1.96. The van der Waals surface area contributed by atoms with Crippen LogP contribution in [0.4, 0.5) is 0 Å². The van der Waals surface area contributed by atoms with Crippen molar-refractivity contribution >= 4 is 38.4 Å². The molecule has 0 aliphatic heterocycles. The Kier molecular flexibility index (Phi) is 3.19. The number of hydrogen-bond donors (Lipinski definition) is 1. The third kappa shape index (κ3) is 2.27. The van der Waals surface area contributed by atoms with Gasteiger partial charge in [-0.15, -0.1) is 0 Å². The summed E-state index contributed by atoms with van der Waals surface area (Å²) in [6.45, 7) is 0.526. The molecule has 0 aliphatic rings. The second-order valence-corrected chi connectivity index (χ2v) is 4.40. The van der Waals surface area contributed by atoms with Crippen LogP contribution in [0, 0.1) is 0 Å². The Balaban J connectivity index is 2.62. The highest BCUT2D eigenvalue weighted by molar-refractivity contribution is 9.10. The summed E-state index contributed by atoms with van der Waals surface area (Å²) in [5.41, 5.74) is 6.30. The average Bonchev–Trinajstić information content (AvgIpc) is 2.20. The van der Waals surface area contributed by atoms with E-state index in [2.05, 4.69) is 25.9 Å². The Morgan fingerprint density at radius 3 is 2.87 bits per heavy atom. The summed E-state index contributed by atoms with van der Waals surface area (Å²) in [7, 11) is 0. The highest BCUT2D eigenvalue weighted by Gasteiger charge is 2.05. The minimum atomic E-state index is 0.477. The highest BCUT2D eigenvalue weighted by atomic mass is 79.9. The van der Waals surface area contributed by atoms with Gasteiger partial charge in [0.2, 0.25) is 0 Å². The van der Waals surface area contributed by atoms with Crippen LogP contribution >= 0.6 is 27.5 Å². The quantitative estimate of drug-likeness (QED) is 0.863. The number of benzene rings is 1. The van der Waals surface area contributed by atoms with E-state index in [1.165, 1.54) is 0 Å². The molecular weight excluding hydrogens is 277 g/mol. The summed E-state index contributed by atoms with van der Waals surface area (Å²) in [5, 5.41) is 1.33. The molecule has 5 heteroatoms. The zero-order chi connectivity index (χ0) is 10.8. The number of halogens is 2. The van der Waals surface area contributed by atoms with Crippen molar-refractivity contribution in [2.24, 2.45) is 5.73 Å². The lowest BCUT2D eigenvalue weighted by molar-refractivity contribution is 0.879. The van der Waals surface area contributed by atoms with E-state index in [-0.39, 0.29) is 0 Å². The minimum Gasteiger partial charge on any atom is -0.330 e. The van der Waals surface area contributed by atoms with Crippen LogP contribution in [0.1, 0.15) is 5.82 Å². The van der Waals surface area contributed by atoms with E-state index < -0.39 is 0 Å². The molecule has 0 fully saturated rings. The summed E-state index contributed by atoms with van der Waals surface area (Å²) >= 11 is 9.44. The van der Waals surface area contributed by atoms with Gasteiger partial charge in [-0.3, -0.25) is 0 Å². The molecule has 0 amide bonds. The first kappa shape index (κ1) is 10.8. The van der Waals surface area contributed by atoms with Gasteiger partial charge in [0.1, 0.15) is 11.0 Å². The summed E-state index contributed by atoms with van der Waals surface area (Å²) in [5.74, 6) is 0.692. The van der Waals surface area contributed by atoms with Gasteiger partial charge >= 0.3 is 0 Å². The smallest absolute Gasteiger partial charge is 0.140 e. The molecule has 1 aromatic heterocycles. The summed E-state index contributed by atoms with van der Waals surface area (Å²) in [6.07, 6.45) is 0.645. The Labute approximate surface area is 101 Å². The van der Waals surface area contributed by atoms with Crippen molar-refractivity contribution in [3.8, 4) is 0 Å². The van der Waals surface area contributed by atoms with Gasteiger partial charge in [0.15, 0.2) is 0 Å². The number of fused-ring (bicyclic) bond motifs is 1. The second kappa shape index (κ2) is 4.43. The van der Waals surface area contributed by atoms with Crippen molar-refractivity contribution in [1.29, 1.82) is 0 Å². The predicted octanol–water partition coefficient (Wildman–Crippen LogP) is 2.55. The van der Waals surface area contributed by atoms with Gasteiger partial charge in [0.25, 0.3) is 0 Å². The lowest BCUT2D eigenvalue weighted by Gasteiger charge is -2.03. The average molecular weight is 287 g/mol. The van der Waals surface area contributed by atoms with E-state index in [1.807, 2.05) is 18.2 Å². The molecule has 0 saturated heterocycles. The van der Waals surface area contributed by atoms with Crippen LogP contribution in [0.15, 0.2) is 22.7 Å². The molecule has 15 heavy (non-hydrogen) atoms. The standard InChI is InChI=1S/C10H9BrClN3/c11-6-1-2-8-7(5-6)10(12)15-9(14-8)3-4-13/h1-2,5H,3-4,13H2. The van der Waals surface area contributed by atoms with Crippen LogP contribution < -0.4 is 5.73 Å². The largest absolute Gasteiger partial charge is 0.330 e. The van der Waals surface area contributed by atoms with Crippen LogP contribution in [-0.2, 0) is 6.42 Å². The summed E-state index contributed by atoms with van der Waals surface area (Å²) < 4.78 is 0.965. The third-order valence-corrected chi connectivity index (χ3v) is 2.81. The van der Waals surface area contributed by atoms with Crippen molar-refractivity contribution < 1.29 is 0 Å². The number of nitrogens with zero attached hydrogens (tertiary/aromatic N) is 2. The van der Waals surface area contributed by atoms with Gasteiger partial charge in [-0.05, 0) is 24.7 Å². The molecule has 2 aromatic rings. The van der Waals surface area contributed by atoms with E-state index in [4.69, 9.17) is 17.3 Å². The Hall–Kier alpha value is -0.710. The van der Waals surface area contributed by atoms with Crippen molar-refractivity contribution in [3.63, 3.8) is 0 Å². The van der Waals surface area contributed by atoms with Gasteiger partial charge in [0, 0.05) is 16.3 Å².